The van der Waals surface area contributed by atoms with Gasteiger partial charge in [0.25, 0.3) is 0 Å². The van der Waals surface area contributed by atoms with E-state index in [1.54, 1.807) is 12.3 Å². The maximum Gasteiger partial charge on any atom is 0.229 e. The highest BCUT2D eigenvalue weighted by Gasteiger charge is 2.35. The standard InChI is InChI=1S/C22H22ClN3O2S/c1-5-22(16(2)15-24-3,17-9-11-18(23)12-10-17)26-14-13-19-20(25-29(4,27)28)7-6-8-21(19)26/h6-15,25H,5H2,1-2,4H3/b16-15+. The minimum absolute atomic E-state index is 0.525. The first-order valence-electron chi connectivity index (χ1n) is 9.11. The third-order valence-corrected chi connectivity index (χ3v) is 6.03. The number of nitrogens with one attached hydrogen (secondary N) is 1. The van der Waals surface area contributed by atoms with Crippen LogP contribution in [0.4, 0.5) is 5.69 Å². The van der Waals surface area contributed by atoms with Crippen molar-refractivity contribution >= 4 is 38.2 Å². The second-order valence-corrected chi connectivity index (χ2v) is 9.15. The molecule has 0 aliphatic carbocycles. The lowest BCUT2D eigenvalue weighted by Gasteiger charge is -2.37. The molecular formula is C22H22ClN3O2S. The fraction of sp³-hybridized carbons (Fsp3) is 0.227. The van der Waals surface area contributed by atoms with Crippen molar-refractivity contribution in [3.63, 3.8) is 0 Å². The molecule has 7 heteroatoms. The molecule has 1 aromatic heterocycles. The van der Waals surface area contributed by atoms with Gasteiger partial charge in [-0.05, 0) is 47.9 Å². The quantitative estimate of drug-likeness (QED) is 0.517. The van der Waals surface area contributed by atoms with Crippen molar-refractivity contribution in [2.75, 3.05) is 11.0 Å². The van der Waals surface area contributed by atoms with Gasteiger partial charge in [-0.15, -0.1) is 0 Å². The summed E-state index contributed by atoms with van der Waals surface area (Å²) < 4.78 is 28.3. The van der Waals surface area contributed by atoms with E-state index in [-0.39, 0.29) is 0 Å². The molecule has 0 aliphatic rings. The van der Waals surface area contributed by atoms with Crippen molar-refractivity contribution in [2.24, 2.45) is 0 Å². The smallest absolute Gasteiger partial charge is 0.229 e. The summed E-state index contributed by atoms with van der Waals surface area (Å²) in [6.45, 7) is 11.4. The highest BCUT2D eigenvalue weighted by atomic mass is 35.5. The van der Waals surface area contributed by atoms with E-state index in [4.69, 9.17) is 18.2 Å². The number of aromatic nitrogens is 1. The van der Waals surface area contributed by atoms with Crippen LogP contribution < -0.4 is 4.72 Å². The van der Waals surface area contributed by atoms with E-state index in [2.05, 4.69) is 21.1 Å². The van der Waals surface area contributed by atoms with Crippen LogP contribution in [0, 0.1) is 6.57 Å². The van der Waals surface area contributed by atoms with E-state index < -0.39 is 15.6 Å². The van der Waals surface area contributed by atoms with E-state index in [0.29, 0.717) is 17.1 Å². The Kier molecular flexibility index (Phi) is 5.74. The summed E-state index contributed by atoms with van der Waals surface area (Å²) in [5.74, 6) is 0. The number of hydrogen-bond acceptors (Lipinski definition) is 2. The van der Waals surface area contributed by atoms with Crippen LogP contribution in [0.2, 0.25) is 5.02 Å². The number of allylic oxidation sites excluding steroid dienone is 1. The first kappa shape index (κ1) is 21.0. The maximum atomic E-state index is 11.8. The van der Waals surface area contributed by atoms with Crippen molar-refractivity contribution in [3.8, 4) is 0 Å². The van der Waals surface area contributed by atoms with Gasteiger partial charge >= 0.3 is 0 Å². The lowest BCUT2D eigenvalue weighted by molar-refractivity contribution is 0.419. The molecule has 150 valence electrons. The number of halogens is 1. The van der Waals surface area contributed by atoms with Crippen LogP contribution in [-0.2, 0) is 15.6 Å². The molecule has 3 rings (SSSR count). The maximum absolute atomic E-state index is 11.8. The summed E-state index contributed by atoms with van der Waals surface area (Å²) in [7, 11) is -3.41. The average Bonchev–Trinajstić information content (AvgIpc) is 3.09. The minimum Gasteiger partial charge on any atom is -0.335 e. The molecule has 0 saturated carbocycles. The van der Waals surface area contributed by atoms with Gasteiger partial charge in [-0.1, -0.05) is 43.6 Å². The predicted molar refractivity (Wildman–Crippen MR) is 120 cm³/mol. The molecule has 0 radical (unpaired) electrons. The van der Waals surface area contributed by atoms with E-state index in [9.17, 15) is 8.42 Å². The molecule has 1 atom stereocenters. The Balaban J connectivity index is 2.34. The summed E-state index contributed by atoms with van der Waals surface area (Å²) in [5.41, 5.74) is 2.67. The minimum atomic E-state index is -3.41. The van der Waals surface area contributed by atoms with Crippen LogP contribution in [0.5, 0.6) is 0 Å². The summed E-state index contributed by atoms with van der Waals surface area (Å²) >= 11 is 6.11. The summed E-state index contributed by atoms with van der Waals surface area (Å²) in [4.78, 5) is 3.51. The van der Waals surface area contributed by atoms with E-state index in [0.717, 1.165) is 28.3 Å². The number of hydrogen-bond donors (Lipinski definition) is 1. The number of rotatable bonds is 6. The molecule has 0 amide bonds. The average molecular weight is 428 g/mol. The Morgan fingerprint density at radius 1 is 1.24 bits per heavy atom. The van der Waals surface area contributed by atoms with Crippen LogP contribution in [0.3, 0.4) is 0 Å². The summed E-state index contributed by atoms with van der Waals surface area (Å²) in [5, 5.41) is 1.43. The first-order chi connectivity index (χ1) is 13.7. The SMILES string of the molecule is [C-]#[N+]/C=C(\C)C(CC)(c1ccc(Cl)cc1)n1ccc2c(NS(C)(=O)=O)cccc21. The number of sulfonamides is 1. The zero-order valence-electron chi connectivity index (χ0n) is 16.5. The van der Waals surface area contributed by atoms with Gasteiger partial charge in [0.05, 0.1) is 29.6 Å². The Hall–Kier alpha value is -2.75. The van der Waals surface area contributed by atoms with Crippen LogP contribution >= 0.6 is 11.6 Å². The molecule has 0 saturated heterocycles. The molecule has 1 heterocycles. The van der Waals surface area contributed by atoms with Crippen molar-refractivity contribution < 1.29 is 8.42 Å². The van der Waals surface area contributed by atoms with E-state index in [1.807, 2.05) is 55.6 Å². The van der Waals surface area contributed by atoms with Gasteiger partial charge in [-0.25, -0.2) is 13.3 Å². The third kappa shape index (κ3) is 3.89. The molecule has 2 aromatic carbocycles. The fourth-order valence-electron chi connectivity index (χ4n) is 3.93. The number of nitrogens with zero attached hydrogens (tertiary/aromatic N) is 2. The molecule has 29 heavy (non-hydrogen) atoms. The normalized spacial score (nSPS) is 14.4. The van der Waals surface area contributed by atoms with Crippen LogP contribution in [0.25, 0.3) is 15.7 Å². The zero-order valence-corrected chi connectivity index (χ0v) is 18.1. The van der Waals surface area contributed by atoms with Gasteiger partial charge in [0.15, 0.2) is 6.20 Å². The van der Waals surface area contributed by atoms with Crippen molar-refractivity contribution in [1.82, 2.24) is 4.57 Å². The zero-order chi connectivity index (χ0) is 21.2. The van der Waals surface area contributed by atoms with E-state index in [1.165, 1.54) is 0 Å². The Labute approximate surface area is 176 Å². The number of benzene rings is 2. The fourth-order valence-corrected chi connectivity index (χ4v) is 4.63. The Morgan fingerprint density at radius 3 is 2.52 bits per heavy atom. The summed E-state index contributed by atoms with van der Waals surface area (Å²) in [6.07, 6.45) is 5.32. The molecule has 1 N–H and O–H groups in total. The van der Waals surface area contributed by atoms with Gasteiger partial charge < -0.3 is 4.57 Å². The molecule has 0 aliphatic heterocycles. The van der Waals surface area contributed by atoms with Crippen molar-refractivity contribution in [1.29, 1.82) is 0 Å². The van der Waals surface area contributed by atoms with Crippen LogP contribution in [0.15, 0.2) is 66.5 Å². The van der Waals surface area contributed by atoms with Gasteiger partial charge in [-0.2, -0.15) is 0 Å². The number of fused-ring (bicyclic) bond motifs is 1. The van der Waals surface area contributed by atoms with Gasteiger partial charge in [0.1, 0.15) is 0 Å². The second kappa shape index (κ2) is 7.94. The second-order valence-electron chi connectivity index (χ2n) is 6.96. The third-order valence-electron chi connectivity index (χ3n) is 5.18. The predicted octanol–water partition coefficient (Wildman–Crippen LogP) is 5.64. The molecule has 0 spiro atoms. The lowest BCUT2D eigenvalue weighted by Crippen LogP contribution is -2.35. The molecule has 0 bridgehead atoms. The Morgan fingerprint density at radius 2 is 1.93 bits per heavy atom. The molecule has 3 aromatic rings. The highest BCUT2D eigenvalue weighted by Crippen LogP contribution is 2.41. The van der Waals surface area contributed by atoms with Crippen LogP contribution in [-0.4, -0.2) is 19.2 Å². The first-order valence-corrected chi connectivity index (χ1v) is 11.4. The lowest BCUT2D eigenvalue weighted by atomic mass is 9.80. The Bertz CT molecular complexity index is 1220. The van der Waals surface area contributed by atoms with Gasteiger partial charge in [0.2, 0.25) is 10.0 Å². The molecule has 5 nitrogen and oxygen atoms in total. The monoisotopic (exact) mass is 427 g/mol. The van der Waals surface area contributed by atoms with Gasteiger partial charge in [-0.3, -0.25) is 4.72 Å². The topological polar surface area (TPSA) is 55.5 Å². The molecule has 1 unspecified atom stereocenters. The molecule has 0 fully saturated rings. The van der Waals surface area contributed by atoms with E-state index >= 15 is 0 Å². The summed E-state index contributed by atoms with van der Waals surface area (Å²) in [6, 6.07) is 15.0. The number of anilines is 1. The van der Waals surface area contributed by atoms with Crippen molar-refractivity contribution in [2.45, 2.75) is 25.8 Å². The van der Waals surface area contributed by atoms with Crippen molar-refractivity contribution in [3.05, 3.63) is 88.5 Å². The van der Waals surface area contributed by atoms with Gasteiger partial charge in [0, 0.05) is 16.6 Å². The molecular weight excluding hydrogens is 406 g/mol. The highest BCUT2D eigenvalue weighted by molar-refractivity contribution is 7.92. The largest absolute Gasteiger partial charge is 0.335 e. The van der Waals surface area contributed by atoms with Crippen LogP contribution in [0.1, 0.15) is 25.8 Å².